The topological polar surface area (TPSA) is 86.3 Å². The van der Waals surface area contributed by atoms with Crippen LogP contribution in [0.2, 0.25) is 0 Å². The molecule has 0 radical (unpaired) electrons. The number of carbonyl (C=O) groups excluding carboxylic acids is 2. The number of piperidine rings is 1. The molecule has 1 N–H and O–H groups in total. The van der Waals surface area contributed by atoms with Gasteiger partial charge in [-0.05, 0) is 72.8 Å². The highest BCUT2D eigenvalue weighted by atomic mass is 127. The lowest BCUT2D eigenvalue weighted by atomic mass is 9.89. The third kappa shape index (κ3) is 6.50. The number of halogens is 1. The number of benzene rings is 2. The van der Waals surface area contributed by atoms with Crippen LogP contribution in [0.3, 0.4) is 0 Å². The normalized spacial score (nSPS) is 14.4. The Morgan fingerprint density at radius 1 is 0.970 bits per heavy atom. The Bertz CT molecular complexity index is 958. The number of hydrogen-bond donors (Lipinski definition) is 1. The van der Waals surface area contributed by atoms with Gasteiger partial charge >= 0.3 is 6.09 Å². The van der Waals surface area contributed by atoms with Crippen LogP contribution in [-0.2, 0) is 4.74 Å². The molecule has 2 aromatic carbocycles. The third-order valence-corrected chi connectivity index (χ3v) is 6.39. The van der Waals surface area contributed by atoms with E-state index in [0.29, 0.717) is 29.5 Å². The monoisotopic (exact) mass is 568 g/mol. The Morgan fingerprint density at radius 2 is 1.64 bits per heavy atom. The van der Waals surface area contributed by atoms with Gasteiger partial charge in [0, 0.05) is 21.6 Å². The summed E-state index contributed by atoms with van der Waals surface area (Å²) in [5.41, 5.74) is 1.20. The quantitative estimate of drug-likeness (QED) is 0.353. The second kappa shape index (κ2) is 12.1. The van der Waals surface area contributed by atoms with Crippen molar-refractivity contribution in [3.63, 3.8) is 0 Å². The molecule has 3 rings (SSSR count). The third-order valence-electron chi connectivity index (χ3n) is 5.67. The summed E-state index contributed by atoms with van der Waals surface area (Å²) >= 11 is 2.23. The van der Waals surface area contributed by atoms with Gasteiger partial charge in [-0.25, -0.2) is 4.79 Å². The summed E-state index contributed by atoms with van der Waals surface area (Å²) in [5.74, 6) is 1.50. The molecular formula is C24H29IN2O6. The first kappa shape index (κ1) is 25.1. The van der Waals surface area contributed by atoms with Crippen LogP contribution in [0.5, 0.6) is 17.2 Å². The molecular weight excluding hydrogens is 539 g/mol. The average molecular weight is 568 g/mol. The molecule has 1 aliphatic rings. The van der Waals surface area contributed by atoms with Gasteiger partial charge in [0.1, 0.15) is 6.61 Å². The first-order valence-electron chi connectivity index (χ1n) is 10.7. The van der Waals surface area contributed by atoms with Crippen LogP contribution >= 0.6 is 22.6 Å². The summed E-state index contributed by atoms with van der Waals surface area (Å²) in [5, 5.41) is 2.68. The molecule has 0 saturated carbocycles. The maximum Gasteiger partial charge on any atom is 0.411 e. The lowest BCUT2D eigenvalue weighted by molar-refractivity contribution is 0.0813. The van der Waals surface area contributed by atoms with E-state index < -0.39 is 6.09 Å². The second-order valence-corrected chi connectivity index (χ2v) is 8.88. The predicted molar refractivity (Wildman–Crippen MR) is 134 cm³/mol. The first-order valence-corrected chi connectivity index (χ1v) is 11.8. The maximum absolute atomic E-state index is 12.7. The van der Waals surface area contributed by atoms with Crippen molar-refractivity contribution in [1.82, 2.24) is 4.90 Å². The minimum atomic E-state index is -0.579. The van der Waals surface area contributed by atoms with E-state index in [2.05, 4.69) is 32.8 Å². The first-order chi connectivity index (χ1) is 16.0. The fourth-order valence-electron chi connectivity index (χ4n) is 3.88. The molecule has 0 bridgehead atoms. The number of methoxy groups -OCH3 is 3. The standard InChI is InChI=1S/C24H29IN2O6/c1-30-20-9-8-19(22(31-2)23(20)32-3)26-24(29)33-15-14-27-12-10-17(11-13-27)21(28)16-4-6-18(25)7-5-16/h4-9,17H,10-15H2,1-3H3,(H,26,29). The number of rotatable bonds is 9. The van der Waals surface area contributed by atoms with Crippen molar-refractivity contribution in [1.29, 1.82) is 0 Å². The van der Waals surface area contributed by atoms with Gasteiger partial charge in [0.05, 0.1) is 27.0 Å². The number of nitrogens with one attached hydrogen (secondary N) is 1. The van der Waals surface area contributed by atoms with Crippen molar-refractivity contribution in [3.05, 3.63) is 45.5 Å². The number of amides is 1. The predicted octanol–water partition coefficient (Wildman–Crippen LogP) is 4.46. The van der Waals surface area contributed by atoms with Crippen molar-refractivity contribution in [2.24, 2.45) is 5.92 Å². The summed E-state index contributed by atoms with van der Waals surface area (Å²) < 4.78 is 22.4. The summed E-state index contributed by atoms with van der Waals surface area (Å²) in [6, 6.07) is 11.1. The Balaban J connectivity index is 1.44. The Labute approximate surface area is 207 Å². The molecule has 0 spiro atoms. The van der Waals surface area contributed by atoms with Crippen molar-refractivity contribution < 1.29 is 28.5 Å². The second-order valence-electron chi connectivity index (χ2n) is 7.63. The van der Waals surface area contributed by atoms with Gasteiger partial charge in [-0.15, -0.1) is 0 Å². The molecule has 1 saturated heterocycles. The van der Waals surface area contributed by atoms with Crippen LogP contribution in [0, 0.1) is 9.49 Å². The van der Waals surface area contributed by atoms with E-state index in [1.54, 1.807) is 12.1 Å². The minimum absolute atomic E-state index is 0.0445. The number of likely N-dealkylation sites (tertiary alicyclic amines) is 1. The van der Waals surface area contributed by atoms with Crippen molar-refractivity contribution in [2.75, 3.05) is 52.9 Å². The largest absolute Gasteiger partial charge is 0.493 e. The van der Waals surface area contributed by atoms with E-state index >= 15 is 0 Å². The van der Waals surface area contributed by atoms with E-state index in [1.165, 1.54) is 21.3 Å². The summed E-state index contributed by atoms with van der Waals surface area (Å²) in [4.78, 5) is 27.2. The van der Waals surface area contributed by atoms with Crippen LogP contribution in [0.25, 0.3) is 0 Å². The maximum atomic E-state index is 12.7. The lowest BCUT2D eigenvalue weighted by Crippen LogP contribution is -2.38. The molecule has 33 heavy (non-hydrogen) atoms. The van der Waals surface area contributed by atoms with Gasteiger partial charge in [0.2, 0.25) is 5.75 Å². The van der Waals surface area contributed by atoms with E-state index in [-0.39, 0.29) is 18.3 Å². The fraction of sp³-hybridized carbons (Fsp3) is 0.417. The van der Waals surface area contributed by atoms with Gasteiger partial charge in [0.25, 0.3) is 0 Å². The number of hydrogen-bond acceptors (Lipinski definition) is 7. The van der Waals surface area contributed by atoms with Crippen LogP contribution in [0.15, 0.2) is 36.4 Å². The Morgan fingerprint density at radius 3 is 2.24 bits per heavy atom. The molecule has 9 heteroatoms. The number of anilines is 1. The minimum Gasteiger partial charge on any atom is -0.493 e. The van der Waals surface area contributed by atoms with Gasteiger partial charge in [-0.3, -0.25) is 15.0 Å². The SMILES string of the molecule is COc1ccc(NC(=O)OCCN2CCC(C(=O)c3ccc(I)cc3)CC2)c(OC)c1OC. The molecule has 178 valence electrons. The summed E-state index contributed by atoms with van der Waals surface area (Å²) in [6.45, 7) is 2.46. The molecule has 2 aromatic rings. The molecule has 0 aromatic heterocycles. The zero-order valence-corrected chi connectivity index (χ0v) is 21.2. The number of Topliss-reactive ketones (excluding diaryl/α,β-unsaturated/α-hetero) is 1. The van der Waals surface area contributed by atoms with Crippen LogP contribution < -0.4 is 19.5 Å². The highest BCUT2D eigenvalue weighted by Gasteiger charge is 2.26. The van der Waals surface area contributed by atoms with Gasteiger partial charge < -0.3 is 18.9 Å². The smallest absolute Gasteiger partial charge is 0.411 e. The molecule has 1 amide bonds. The van der Waals surface area contributed by atoms with Crippen molar-refractivity contribution in [3.8, 4) is 17.2 Å². The molecule has 0 atom stereocenters. The number of ether oxygens (including phenoxy) is 4. The number of ketones is 1. The van der Waals surface area contributed by atoms with E-state index in [1.807, 2.05) is 24.3 Å². The molecule has 0 aliphatic carbocycles. The number of nitrogens with zero attached hydrogens (tertiary/aromatic N) is 1. The van der Waals surface area contributed by atoms with Crippen LogP contribution in [0.1, 0.15) is 23.2 Å². The van der Waals surface area contributed by atoms with Gasteiger partial charge in [-0.1, -0.05) is 12.1 Å². The molecule has 1 aliphatic heterocycles. The molecule has 1 fully saturated rings. The fourth-order valence-corrected chi connectivity index (χ4v) is 4.24. The highest BCUT2D eigenvalue weighted by molar-refractivity contribution is 14.1. The summed E-state index contributed by atoms with van der Waals surface area (Å²) in [7, 11) is 4.51. The molecule has 1 heterocycles. The molecule has 8 nitrogen and oxygen atoms in total. The number of carbonyl (C=O) groups is 2. The summed E-state index contributed by atoms with van der Waals surface area (Å²) in [6.07, 6.45) is 1.03. The zero-order valence-electron chi connectivity index (χ0n) is 19.1. The molecule has 0 unspecified atom stereocenters. The average Bonchev–Trinajstić information content (AvgIpc) is 2.84. The van der Waals surface area contributed by atoms with Gasteiger partial charge in [-0.2, -0.15) is 0 Å². The van der Waals surface area contributed by atoms with Crippen molar-refractivity contribution >= 4 is 40.2 Å². The van der Waals surface area contributed by atoms with Crippen LogP contribution in [0.4, 0.5) is 10.5 Å². The van der Waals surface area contributed by atoms with Crippen molar-refractivity contribution in [2.45, 2.75) is 12.8 Å². The van der Waals surface area contributed by atoms with Gasteiger partial charge in [0.15, 0.2) is 17.3 Å². The van der Waals surface area contributed by atoms with Crippen LogP contribution in [-0.4, -0.2) is 64.3 Å². The zero-order chi connectivity index (χ0) is 23.8. The Hall–Kier alpha value is -2.53. The van der Waals surface area contributed by atoms with E-state index in [4.69, 9.17) is 18.9 Å². The highest BCUT2D eigenvalue weighted by Crippen LogP contribution is 2.42. The van der Waals surface area contributed by atoms with E-state index in [9.17, 15) is 9.59 Å². The van der Waals surface area contributed by atoms with E-state index in [0.717, 1.165) is 35.1 Å². The Kier molecular flexibility index (Phi) is 9.19. The lowest BCUT2D eigenvalue weighted by Gasteiger charge is -2.31.